The van der Waals surface area contributed by atoms with Crippen molar-refractivity contribution in [3.63, 3.8) is 0 Å². The summed E-state index contributed by atoms with van der Waals surface area (Å²) in [6.45, 7) is 4.40. The van der Waals surface area contributed by atoms with E-state index >= 15 is 0 Å². The molecule has 0 aromatic rings. The molecule has 1 unspecified atom stereocenters. The van der Waals surface area contributed by atoms with Crippen molar-refractivity contribution in [3.05, 3.63) is 12.2 Å². The SMILES string of the molecule is CCCCCCCCCCC=CCCC(O)CCC. The van der Waals surface area contributed by atoms with Crippen molar-refractivity contribution < 1.29 is 5.11 Å². The van der Waals surface area contributed by atoms with Crippen LogP contribution in [-0.2, 0) is 0 Å². The Bertz CT molecular complexity index is 186. The molecule has 1 nitrogen and oxygen atoms in total. The van der Waals surface area contributed by atoms with Crippen molar-refractivity contribution in [2.45, 2.75) is 103 Å². The summed E-state index contributed by atoms with van der Waals surface area (Å²) in [7, 11) is 0. The van der Waals surface area contributed by atoms with Gasteiger partial charge in [-0.3, -0.25) is 0 Å². The highest BCUT2D eigenvalue weighted by atomic mass is 16.3. The average Bonchev–Trinajstić information content (AvgIpc) is 2.40. The lowest BCUT2D eigenvalue weighted by Crippen LogP contribution is -2.04. The topological polar surface area (TPSA) is 20.2 Å². The molecule has 0 aliphatic heterocycles. The Hall–Kier alpha value is -0.300. The van der Waals surface area contributed by atoms with Gasteiger partial charge in [0.15, 0.2) is 0 Å². The first kappa shape index (κ1) is 18.7. The summed E-state index contributed by atoms with van der Waals surface area (Å²) in [5.41, 5.74) is 0. The summed E-state index contributed by atoms with van der Waals surface area (Å²) < 4.78 is 0. The van der Waals surface area contributed by atoms with Crippen molar-refractivity contribution in [1.82, 2.24) is 0 Å². The summed E-state index contributed by atoms with van der Waals surface area (Å²) in [6, 6.07) is 0. The lowest BCUT2D eigenvalue weighted by molar-refractivity contribution is 0.155. The van der Waals surface area contributed by atoms with E-state index in [4.69, 9.17) is 0 Å². The Kier molecular flexibility index (Phi) is 15.5. The third kappa shape index (κ3) is 15.6. The fraction of sp³-hybridized carbons (Fsp3) is 0.889. The number of aliphatic hydroxyl groups excluding tert-OH is 1. The van der Waals surface area contributed by atoms with Crippen molar-refractivity contribution in [2.75, 3.05) is 0 Å². The maximum absolute atomic E-state index is 9.58. The fourth-order valence-corrected chi connectivity index (χ4v) is 2.40. The van der Waals surface area contributed by atoms with Crippen LogP contribution in [0.25, 0.3) is 0 Å². The van der Waals surface area contributed by atoms with E-state index < -0.39 is 0 Å². The van der Waals surface area contributed by atoms with Gasteiger partial charge in [-0.25, -0.2) is 0 Å². The summed E-state index contributed by atoms with van der Waals surface area (Å²) in [6.07, 6.45) is 20.9. The van der Waals surface area contributed by atoms with Gasteiger partial charge in [0.1, 0.15) is 0 Å². The van der Waals surface area contributed by atoms with Gasteiger partial charge in [0.25, 0.3) is 0 Å². The van der Waals surface area contributed by atoms with E-state index in [0.717, 1.165) is 25.7 Å². The monoisotopic (exact) mass is 268 g/mol. The lowest BCUT2D eigenvalue weighted by atomic mass is 10.1. The van der Waals surface area contributed by atoms with E-state index in [1.165, 1.54) is 57.8 Å². The summed E-state index contributed by atoms with van der Waals surface area (Å²) in [5, 5.41) is 9.58. The molecule has 0 radical (unpaired) electrons. The third-order valence-corrected chi connectivity index (χ3v) is 3.68. The van der Waals surface area contributed by atoms with Gasteiger partial charge in [0, 0.05) is 0 Å². The van der Waals surface area contributed by atoms with Crippen molar-refractivity contribution in [3.8, 4) is 0 Å². The van der Waals surface area contributed by atoms with Crippen LogP contribution in [0.2, 0.25) is 0 Å². The molecule has 0 saturated heterocycles. The normalized spacial score (nSPS) is 13.2. The minimum Gasteiger partial charge on any atom is -0.393 e. The second-order valence-corrected chi connectivity index (χ2v) is 5.75. The van der Waals surface area contributed by atoms with Gasteiger partial charge in [0.2, 0.25) is 0 Å². The number of unbranched alkanes of at least 4 members (excludes halogenated alkanes) is 8. The Labute approximate surface area is 121 Å². The Morgan fingerprint density at radius 2 is 1.26 bits per heavy atom. The minimum absolute atomic E-state index is 0.0854. The average molecular weight is 268 g/mol. The van der Waals surface area contributed by atoms with Crippen LogP contribution in [0.15, 0.2) is 12.2 Å². The van der Waals surface area contributed by atoms with Crippen molar-refractivity contribution >= 4 is 0 Å². The first-order valence-corrected chi connectivity index (χ1v) is 8.64. The zero-order chi connectivity index (χ0) is 14.2. The maximum atomic E-state index is 9.58. The molecule has 1 N–H and O–H groups in total. The van der Waals surface area contributed by atoms with Gasteiger partial charge in [-0.2, -0.15) is 0 Å². The molecule has 1 heteroatoms. The second kappa shape index (κ2) is 15.8. The predicted octanol–water partition coefficient (Wildman–Crippen LogP) is 6.01. The Morgan fingerprint density at radius 1 is 0.684 bits per heavy atom. The van der Waals surface area contributed by atoms with Crippen LogP contribution in [0.1, 0.15) is 97.3 Å². The Morgan fingerprint density at radius 3 is 1.89 bits per heavy atom. The van der Waals surface area contributed by atoms with Crippen LogP contribution in [-0.4, -0.2) is 11.2 Å². The molecule has 114 valence electrons. The highest BCUT2D eigenvalue weighted by Gasteiger charge is 1.99. The van der Waals surface area contributed by atoms with Gasteiger partial charge in [0.05, 0.1) is 6.10 Å². The van der Waals surface area contributed by atoms with E-state index in [9.17, 15) is 5.11 Å². The standard InChI is InChI=1S/C18H36O/c1-3-5-6-7-8-9-10-11-12-13-14-15-17-18(19)16-4-2/h13-14,18-19H,3-12,15-17H2,1-2H3. The van der Waals surface area contributed by atoms with Crippen LogP contribution in [0.3, 0.4) is 0 Å². The number of hydrogen-bond donors (Lipinski definition) is 1. The quantitative estimate of drug-likeness (QED) is 0.302. The first-order valence-electron chi connectivity index (χ1n) is 8.64. The molecular formula is C18H36O. The van der Waals surface area contributed by atoms with Crippen LogP contribution in [0, 0.1) is 0 Å². The van der Waals surface area contributed by atoms with Crippen LogP contribution >= 0.6 is 0 Å². The maximum Gasteiger partial charge on any atom is 0.0543 e. The van der Waals surface area contributed by atoms with Crippen LogP contribution in [0.5, 0.6) is 0 Å². The van der Waals surface area contributed by atoms with Crippen molar-refractivity contribution in [2.24, 2.45) is 0 Å². The predicted molar refractivity (Wildman–Crippen MR) is 86.5 cm³/mol. The molecule has 0 heterocycles. The first-order chi connectivity index (χ1) is 9.31. The largest absolute Gasteiger partial charge is 0.393 e. The molecule has 0 aromatic carbocycles. The van der Waals surface area contributed by atoms with Crippen LogP contribution in [0.4, 0.5) is 0 Å². The summed E-state index contributed by atoms with van der Waals surface area (Å²) in [4.78, 5) is 0. The zero-order valence-corrected chi connectivity index (χ0v) is 13.4. The highest BCUT2D eigenvalue weighted by molar-refractivity contribution is 4.82. The number of aliphatic hydroxyl groups is 1. The molecule has 0 aromatic heterocycles. The van der Waals surface area contributed by atoms with E-state index in [-0.39, 0.29) is 6.10 Å². The summed E-state index contributed by atoms with van der Waals surface area (Å²) >= 11 is 0. The summed E-state index contributed by atoms with van der Waals surface area (Å²) in [5.74, 6) is 0. The second-order valence-electron chi connectivity index (χ2n) is 5.75. The van der Waals surface area contributed by atoms with Gasteiger partial charge in [-0.05, 0) is 32.1 Å². The Balaban J connectivity index is 3.12. The molecule has 19 heavy (non-hydrogen) atoms. The van der Waals surface area contributed by atoms with Gasteiger partial charge in [-0.1, -0.05) is 77.4 Å². The number of allylic oxidation sites excluding steroid dienone is 2. The van der Waals surface area contributed by atoms with Crippen molar-refractivity contribution in [1.29, 1.82) is 0 Å². The zero-order valence-electron chi connectivity index (χ0n) is 13.4. The van der Waals surface area contributed by atoms with E-state index in [1.807, 2.05) is 0 Å². The molecule has 0 aliphatic carbocycles. The lowest BCUT2D eigenvalue weighted by Gasteiger charge is -2.05. The number of rotatable bonds is 14. The molecule has 0 aliphatic rings. The fourth-order valence-electron chi connectivity index (χ4n) is 2.40. The number of hydrogen-bond acceptors (Lipinski definition) is 1. The van der Waals surface area contributed by atoms with E-state index in [2.05, 4.69) is 26.0 Å². The third-order valence-electron chi connectivity index (χ3n) is 3.68. The van der Waals surface area contributed by atoms with E-state index in [0.29, 0.717) is 0 Å². The molecule has 0 saturated carbocycles. The molecule has 1 atom stereocenters. The molecule has 0 rings (SSSR count). The molecule has 0 bridgehead atoms. The smallest absolute Gasteiger partial charge is 0.0543 e. The molecule has 0 spiro atoms. The molecular weight excluding hydrogens is 232 g/mol. The highest BCUT2D eigenvalue weighted by Crippen LogP contribution is 2.10. The van der Waals surface area contributed by atoms with Gasteiger partial charge >= 0.3 is 0 Å². The van der Waals surface area contributed by atoms with Gasteiger partial charge in [-0.15, -0.1) is 0 Å². The van der Waals surface area contributed by atoms with E-state index in [1.54, 1.807) is 0 Å². The molecule has 0 fully saturated rings. The minimum atomic E-state index is -0.0854. The van der Waals surface area contributed by atoms with Gasteiger partial charge < -0.3 is 5.11 Å². The molecule has 0 amide bonds. The van der Waals surface area contributed by atoms with Crippen LogP contribution < -0.4 is 0 Å².